The molecule has 0 rings (SSSR count). The largest absolute Gasteiger partial charge is 1.00 e. The van der Waals surface area contributed by atoms with Crippen molar-refractivity contribution in [3.05, 3.63) is 0 Å². The number of quaternary nitrogens is 2. The van der Waals surface area contributed by atoms with Crippen molar-refractivity contribution in [2.45, 2.75) is 12.8 Å². The summed E-state index contributed by atoms with van der Waals surface area (Å²) in [6, 6.07) is 0. The van der Waals surface area contributed by atoms with Crippen LogP contribution in [0.15, 0.2) is 0 Å². The molecule has 0 atom stereocenters. The number of carboxylic acids is 2. The predicted octanol–water partition coefficient (Wildman–Crippen LogP) is -6.69. The molecular formula is C14H34Cl2N2O6. The molecule has 0 bridgehead atoms. The lowest BCUT2D eigenvalue weighted by atomic mass is 10.3. The fourth-order valence-electron chi connectivity index (χ4n) is 0.814. The smallest absolute Gasteiger partial charge is 0.303 e. The summed E-state index contributed by atoms with van der Waals surface area (Å²) in [5.74, 6) is -2.15. The Labute approximate surface area is 157 Å². The van der Waals surface area contributed by atoms with E-state index in [1.54, 1.807) is 0 Å². The van der Waals surface area contributed by atoms with Gasteiger partial charge in [0.25, 0.3) is 0 Å². The van der Waals surface area contributed by atoms with Crippen LogP contribution in [0, 0.1) is 0 Å². The predicted molar refractivity (Wildman–Crippen MR) is 84.5 cm³/mol. The van der Waals surface area contributed by atoms with E-state index < -0.39 is 11.9 Å². The van der Waals surface area contributed by atoms with E-state index in [0.717, 1.165) is 22.1 Å². The van der Waals surface area contributed by atoms with Crippen LogP contribution in [0.3, 0.4) is 0 Å². The van der Waals surface area contributed by atoms with Crippen molar-refractivity contribution in [1.82, 2.24) is 0 Å². The Balaban J connectivity index is -0.0000000724. The second-order valence-electron chi connectivity index (χ2n) is 6.76. The monoisotopic (exact) mass is 396 g/mol. The molecule has 0 radical (unpaired) electrons. The van der Waals surface area contributed by atoms with E-state index in [9.17, 15) is 9.59 Å². The number of likely N-dealkylation sites (N-methyl/N-ethyl adjacent to an activating group) is 2. The van der Waals surface area contributed by atoms with Gasteiger partial charge < -0.3 is 54.2 Å². The number of halogens is 2. The van der Waals surface area contributed by atoms with Crippen LogP contribution >= 0.6 is 0 Å². The number of carbonyl (C=O) groups is 2. The summed E-state index contributed by atoms with van der Waals surface area (Å²) in [4.78, 5) is 19.3. The highest BCUT2D eigenvalue weighted by molar-refractivity contribution is 5.75. The highest BCUT2D eigenvalue weighted by Gasteiger charge is 2.03. The lowest BCUT2D eigenvalue weighted by Crippen LogP contribution is -3.00. The molecule has 0 saturated heterocycles. The second-order valence-corrected chi connectivity index (χ2v) is 6.76. The van der Waals surface area contributed by atoms with Crippen LogP contribution in [0.5, 0.6) is 0 Å². The number of aliphatic hydroxyl groups is 2. The zero-order valence-electron chi connectivity index (χ0n) is 15.5. The first-order valence-electron chi connectivity index (χ1n) is 7.01. The lowest BCUT2D eigenvalue weighted by Gasteiger charge is -2.21. The van der Waals surface area contributed by atoms with Crippen LogP contribution < -0.4 is 24.8 Å². The van der Waals surface area contributed by atoms with Crippen LogP contribution in [0.2, 0.25) is 0 Å². The average molecular weight is 397 g/mol. The van der Waals surface area contributed by atoms with Gasteiger partial charge in [-0.05, 0) is 0 Å². The maximum absolute atomic E-state index is 9.64. The summed E-state index contributed by atoms with van der Waals surface area (Å²) in [5, 5.41) is 32.6. The van der Waals surface area contributed by atoms with Crippen LogP contribution in [-0.2, 0) is 9.59 Å². The Morgan fingerprint density at radius 2 is 0.875 bits per heavy atom. The van der Waals surface area contributed by atoms with Crippen molar-refractivity contribution in [3.8, 4) is 0 Å². The number of carboxylic acid groups (broad SMARTS) is 2. The molecule has 4 N–H and O–H groups in total. The molecule has 10 heteroatoms. The lowest BCUT2D eigenvalue weighted by molar-refractivity contribution is -0.870. The fourth-order valence-corrected chi connectivity index (χ4v) is 0.814. The zero-order valence-corrected chi connectivity index (χ0v) is 17.0. The first kappa shape index (κ1) is 34.6. The number of aliphatic carboxylic acids is 2. The topological polar surface area (TPSA) is 115 Å². The minimum Gasteiger partial charge on any atom is -1.00 e. The first-order chi connectivity index (χ1) is 9.75. The van der Waals surface area contributed by atoms with Crippen LogP contribution in [-0.4, -0.2) is 110 Å². The summed E-state index contributed by atoms with van der Waals surface area (Å²) < 4.78 is 1.69. The molecule has 0 aliphatic carbocycles. The molecule has 150 valence electrons. The molecule has 0 heterocycles. The van der Waals surface area contributed by atoms with Gasteiger partial charge in [-0.2, -0.15) is 0 Å². The van der Waals surface area contributed by atoms with E-state index in [-0.39, 0.29) is 50.9 Å². The molecule has 0 aliphatic heterocycles. The Morgan fingerprint density at radius 1 is 0.667 bits per heavy atom. The molecule has 0 saturated carbocycles. The number of nitrogens with zero attached hydrogens (tertiary/aromatic N) is 2. The van der Waals surface area contributed by atoms with Crippen LogP contribution in [0.1, 0.15) is 12.8 Å². The number of rotatable bonds is 7. The molecule has 0 amide bonds. The van der Waals surface area contributed by atoms with Gasteiger partial charge in [0.05, 0.1) is 68.3 Å². The average Bonchev–Trinajstić information content (AvgIpc) is 2.24. The van der Waals surface area contributed by atoms with Crippen molar-refractivity contribution >= 4 is 11.9 Å². The quantitative estimate of drug-likeness (QED) is 0.318. The third-order valence-corrected chi connectivity index (χ3v) is 2.09. The summed E-state index contributed by atoms with van der Waals surface area (Å²) in [6.45, 7) is 2.23. The molecule has 0 aromatic rings. The van der Waals surface area contributed by atoms with Gasteiger partial charge in [0.1, 0.15) is 13.1 Å². The first-order valence-corrected chi connectivity index (χ1v) is 7.01. The second kappa shape index (κ2) is 18.7. The van der Waals surface area contributed by atoms with E-state index in [4.69, 9.17) is 20.4 Å². The maximum Gasteiger partial charge on any atom is 0.303 e. The van der Waals surface area contributed by atoms with Gasteiger partial charge in [-0.25, -0.2) is 0 Å². The van der Waals surface area contributed by atoms with Gasteiger partial charge >= 0.3 is 11.9 Å². The molecule has 0 aromatic heterocycles. The molecule has 0 unspecified atom stereocenters. The van der Waals surface area contributed by atoms with E-state index in [0.29, 0.717) is 0 Å². The molecular weight excluding hydrogens is 363 g/mol. The molecule has 8 nitrogen and oxygen atoms in total. The number of hydrogen-bond acceptors (Lipinski definition) is 4. The van der Waals surface area contributed by atoms with Gasteiger partial charge in [-0.3, -0.25) is 9.59 Å². The Kier molecular flexibility index (Phi) is 27.0. The van der Waals surface area contributed by atoms with Gasteiger partial charge in [0, 0.05) is 0 Å². The minimum absolute atomic E-state index is 0. The Bertz CT molecular complexity index is 275. The highest BCUT2D eigenvalue weighted by Crippen LogP contribution is 1.86. The molecule has 0 fully saturated rings. The van der Waals surface area contributed by atoms with Gasteiger partial charge in [0.2, 0.25) is 0 Å². The van der Waals surface area contributed by atoms with E-state index in [1.807, 2.05) is 0 Å². The summed E-state index contributed by atoms with van der Waals surface area (Å²) in [5.41, 5.74) is 0. The minimum atomic E-state index is -1.08. The summed E-state index contributed by atoms with van der Waals surface area (Å²) >= 11 is 0. The highest BCUT2D eigenvalue weighted by atomic mass is 35.5. The van der Waals surface area contributed by atoms with Crippen molar-refractivity contribution in [3.63, 3.8) is 0 Å². The maximum atomic E-state index is 9.64. The van der Waals surface area contributed by atoms with Gasteiger partial charge in [0.15, 0.2) is 0 Å². The van der Waals surface area contributed by atoms with Gasteiger partial charge in [-0.15, -0.1) is 0 Å². The van der Waals surface area contributed by atoms with E-state index in [2.05, 4.69) is 42.3 Å². The Morgan fingerprint density at radius 3 is 0.917 bits per heavy atom. The standard InChI is InChI=1S/2C5H14NO.C4H6O4.2ClH/c2*1-6(2,3)4-5-7;5-3(6)1-2-4(7)8;;/h2*7H,4-5H2,1-3H3;1-2H2,(H,5,6)(H,7,8);2*1H/q2*+1;;;/p-2. The van der Waals surface area contributed by atoms with Crippen molar-refractivity contribution in [1.29, 1.82) is 0 Å². The third-order valence-electron chi connectivity index (χ3n) is 2.09. The summed E-state index contributed by atoms with van der Waals surface area (Å²) in [6.07, 6.45) is -0.593. The normalized spacial score (nSPS) is 9.83. The number of hydrogen-bond donors (Lipinski definition) is 4. The molecule has 0 spiro atoms. The fraction of sp³-hybridized carbons (Fsp3) is 0.857. The zero-order chi connectivity index (χ0) is 18.4. The third kappa shape index (κ3) is 58.0. The molecule has 0 aromatic carbocycles. The number of aliphatic hydroxyl groups excluding tert-OH is 2. The molecule has 0 aliphatic rings. The van der Waals surface area contributed by atoms with Crippen molar-refractivity contribution < 1.29 is 63.8 Å². The van der Waals surface area contributed by atoms with Crippen molar-refractivity contribution in [2.24, 2.45) is 0 Å². The SMILES string of the molecule is C[N+](C)(C)CCO.C[N+](C)(C)CCO.O=C(O)CCC(=O)O.[Cl-].[Cl-]. The molecule has 24 heavy (non-hydrogen) atoms. The van der Waals surface area contributed by atoms with Crippen molar-refractivity contribution in [2.75, 3.05) is 68.6 Å². The van der Waals surface area contributed by atoms with E-state index in [1.165, 1.54) is 0 Å². The van der Waals surface area contributed by atoms with Crippen LogP contribution in [0.4, 0.5) is 0 Å². The Hall–Kier alpha value is -0.640. The van der Waals surface area contributed by atoms with E-state index >= 15 is 0 Å². The summed E-state index contributed by atoms with van der Waals surface area (Å²) in [7, 11) is 12.3. The van der Waals surface area contributed by atoms with Gasteiger partial charge in [-0.1, -0.05) is 0 Å². The van der Waals surface area contributed by atoms with Crippen LogP contribution in [0.25, 0.3) is 0 Å².